The smallest absolute Gasteiger partial charge is 0.123 e. The first kappa shape index (κ1) is 11.0. The topological polar surface area (TPSA) is 66.5 Å². The molecular formula is C11H17NO2. The highest BCUT2D eigenvalue weighted by Crippen LogP contribution is 2.28. The number of benzene rings is 1. The van der Waals surface area contributed by atoms with Crippen LogP contribution in [0, 0.1) is 0 Å². The minimum absolute atomic E-state index is 0.0387. The average Bonchev–Trinajstić information content (AvgIpc) is 2.18. The maximum atomic E-state index is 9.82. The van der Waals surface area contributed by atoms with Crippen molar-refractivity contribution in [3.05, 3.63) is 29.3 Å². The van der Waals surface area contributed by atoms with Crippen molar-refractivity contribution in [2.24, 2.45) is 5.73 Å². The lowest BCUT2D eigenvalue weighted by molar-refractivity contribution is 0.275. The summed E-state index contributed by atoms with van der Waals surface area (Å²) < 4.78 is 0. The summed E-state index contributed by atoms with van der Waals surface area (Å²) in [6.45, 7) is 2.02. The summed E-state index contributed by atoms with van der Waals surface area (Å²) in [5.74, 6) is 0.274. The number of aryl methyl sites for hydroxylation is 1. The summed E-state index contributed by atoms with van der Waals surface area (Å²) in [6.07, 6.45) is 1.26. The Balaban J connectivity index is 2.96. The Labute approximate surface area is 84.2 Å². The van der Waals surface area contributed by atoms with Crippen LogP contribution in [0.25, 0.3) is 0 Å². The maximum Gasteiger partial charge on any atom is 0.123 e. The van der Waals surface area contributed by atoms with Crippen molar-refractivity contribution in [1.82, 2.24) is 0 Å². The Morgan fingerprint density at radius 2 is 2.14 bits per heavy atom. The molecule has 0 radical (unpaired) electrons. The van der Waals surface area contributed by atoms with E-state index in [4.69, 9.17) is 10.8 Å². The molecule has 4 N–H and O–H groups in total. The molecule has 0 amide bonds. The SMILES string of the molecule is CCc1cccc([C@@H](N)CCO)c1O. The zero-order chi connectivity index (χ0) is 10.6. The van der Waals surface area contributed by atoms with Gasteiger partial charge >= 0.3 is 0 Å². The molecule has 1 aromatic rings. The van der Waals surface area contributed by atoms with Gasteiger partial charge in [0, 0.05) is 18.2 Å². The van der Waals surface area contributed by atoms with Crippen LogP contribution in [0.4, 0.5) is 0 Å². The Morgan fingerprint density at radius 3 is 2.71 bits per heavy atom. The second kappa shape index (κ2) is 4.98. The third-order valence-electron chi connectivity index (χ3n) is 2.37. The molecule has 3 heteroatoms. The van der Waals surface area contributed by atoms with E-state index in [-0.39, 0.29) is 18.4 Å². The minimum atomic E-state index is -0.286. The standard InChI is InChI=1S/C11H17NO2/c1-2-8-4-3-5-9(11(8)14)10(12)6-7-13/h3-5,10,13-14H,2,6-7,12H2,1H3/t10-/m0/s1. The summed E-state index contributed by atoms with van der Waals surface area (Å²) in [5, 5.41) is 18.6. The highest BCUT2D eigenvalue weighted by Gasteiger charge is 2.12. The molecule has 0 saturated carbocycles. The summed E-state index contributed by atoms with van der Waals surface area (Å²) in [6, 6.07) is 5.27. The molecule has 0 aliphatic heterocycles. The van der Waals surface area contributed by atoms with Gasteiger partial charge in [-0.25, -0.2) is 0 Å². The molecule has 1 rings (SSSR count). The van der Waals surface area contributed by atoms with Gasteiger partial charge in [-0.15, -0.1) is 0 Å². The van der Waals surface area contributed by atoms with Crippen molar-refractivity contribution >= 4 is 0 Å². The van der Waals surface area contributed by atoms with Gasteiger partial charge in [-0.3, -0.25) is 0 Å². The predicted molar refractivity (Wildman–Crippen MR) is 56.1 cm³/mol. The maximum absolute atomic E-state index is 9.82. The van der Waals surface area contributed by atoms with Gasteiger partial charge in [-0.2, -0.15) is 0 Å². The molecule has 0 heterocycles. The Bertz CT molecular complexity index is 299. The number of rotatable bonds is 4. The molecule has 14 heavy (non-hydrogen) atoms. The highest BCUT2D eigenvalue weighted by molar-refractivity contribution is 5.42. The van der Waals surface area contributed by atoms with Crippen LogP contribution in [0.1, 0.15) is 30.5 Å². The van der Waals surface area contributed by atoms with E-state index in [1.54, 1.807) is 6.07 Å². The molecule has 0 aromatic heterocycles. The number of nitrogens with two attached hydrogens (primary N) is 1. The van der Waals surface area contributed by atoms with Crippen LogP contribution in [0.3, 0.4) is 0 Å². The Kier molecular flexibility index (Phi) is 3.92. The van der Waals surface area contributed by atoms with E-state index in [9.17, 15) is 5.11 Å². The number of hydrogen-bond donors (Lipinski definition) is 3. The van der Waals surface area contributed by atoms with Crippen LogP contribution >= 0.6 is 0 Å². The first-order valence-electron chi connectivity index (χ1n) is 4.87. The molecule has 1 aromatic carbocycles. The number of hydrogen-bond acceptors (Lipinski definition) is 3. The van der Waals surface area contributed by atoms with Gasteiger partial charge in [0.1, 0.15) is 5.75 Å². The van der Waals surface area contributed by atoms with Crippen molar-refractivity contribution < 1.29 is 10.2 Å². The van der Waals surface area contributed by atoms with E-state index >= 15 is 0 Å². The summed E-state index contributed by atoms with van der Waals surface area (Å²) in [5.41, 5.74) is 7.43. The quantitative estimate of drug-likeness (QED) is 0.679. The number of aromatic hydroxyl groups is 1. The second-order valence-corrected chi connectivity index (χ2v) is 3.33. The molecule has 3 nitrogen and oxygen atoms in total. The molecule has 0 bridgehead atoms. The van der Waals surface area contributed by atoms with E-state index in [2.05, 4.69) is 0 Å². The molecule has 0 saturated heterocycles. The van der Waals surface area contributed by atoms with E-state index in [0.717, 1.165) is 17.5 Å². The first-order valence-corrected chi connectivity index (χ1v) is 4.87. The van der Waals surface area contributed by atoms with Gasteiger partial charge in [-0.05, 0) is 18.4 Å². The van der Waals surface area contributed by atoms with Crippen molar-refractivity contribution in [3.8, 4) is 5.75 Å². The van der Waals surface area contributed by atoms with Gasteiger partial charge in [0.25, 0.3) is 0 Å². The Morgan fingerprint density at radius 1 is 1.43 bits per heavy atom. The van der Waals surface area contributed by atoms with Crippen molar-refractivity contribution in [2.75, 3.05) is 6.61 Å². The second-order valence-electron chi connectivity index (χ2n) is 3.33. The van der Waals surface area contributed by atoms with Gasteiger partial charge in [0.2, 0.25) is 0 Å². The number of phenolic OH excluding ortho intramolecular Hbond substituents is 1. The van der Waals surface area contributed by atoms with Crippen molar-refractivity contribution in [3.63, 3.8) is 0 Å². The predicted octanol–water partition coefficient (Wildman–Crippen LogP) is 1.34. The zero-order valence-corrected chi connectivity index (χ0v) is 8.40. The fourth-order valence-corrected chi connectivity index (χ4v) is 1.49. The molecular weight excluding hydrogens is 178 g/mol. The highest BCUT2D eigenvalue weighted by atomic mass is 16.3. The first-order chi connectivity index (χ1) is 6.70. The fraction of sp³-hybridized carbons (Fsp3) is 0.455. The molecule has 0 fully saturated rings. The van der Waals surface area contributed by atoms with Crippen LogP contribution in [-0.2, 0) is 6.42 Å². The lowest BCUT2D eigenvalue weighted by Crippen LogP contribution is -2.12. The molecule has 78 valence electrons. The van der Waals surface area contributed by atoms with Gasteiger partial charge in [0.15, 0.2) is 0 Å². The van der Waals surface area contributed by atoms with E-state index in [0.29, 0.717) is 6.42 Å². The van der Waals surface area contributed by atoms with E-state index in [1.807, 2.05) is 19.1 Å². The van der Waals surface area contributed by atoms with Crippen LogP contribution in [-0.4, -0.2) is 16.8 Å². The van der Waals surface area contributed by atoms with E-state index in [1.165, 1.54) is 0 Å². The van der Waals surface area contributed by atoms with Crippen LogP contribution < -0.4 is 5.73 Å². The molecule has 0 spiro atoms. The van der Waals surface area contributed by atoms with Gasteiger partial charge < -0.3 is 15.9 Å². The normalized spacial score (nSPS) is 12.8. The van der Waals surface area contributed by atoms with Gasteiger partial charge in [-0.1, -0.05) is 25.1 Å². The average molecular weight is 195 g/mol. The third-order valence-corrected chi connectivity index (χ3v) is 2.37. The number of phenols is 1. The molecule has 0 aliphatic rings. The van der Waals surface area contributed by atoms with Crippen molar-refractivity contribution in [2.45, 2.75) is 25.8 Å². The summed E-state index contributed by atoms with van der Waals surface area (Å²) in [7, 11) is 0. The fourth-order valence-electron chi connectivity index (χ4n) is 1.49. The lowest BCUT2D eigenvalue weighted by Gasteiger charge is -2.14. The number of aliphatic hydroxyl groups excluding tert-OH is 1. The monoisotopic (exact) mass is 195 g/mol. The summed E-state index contributed by atoms with van der Waals surface area (Å²) in [4.78, 5) is 0. The lowest BCUT2D eigenvalue weighted by atomic mass is 9.99. The van der Waals surface area contributed by atoms with Crippen LogP contribution in [0.2, 0.25) is 0 Å². The van der Waals surface area contributed by atoms with Crippen molar-refractivity contribution in [1.29, 1.82) is 0 Å². The van der Waals surface area contributed by atoms with Crippen LogP contribution in [0.15, 0.2) is 18.2 Å². The zero-order valence-electron chi connectivity index (χ0n) is 8.40. The molecule has 0 unspecified atom stereocenters. The van der Waals surface area contributed by atoms with Crippen LogP contribution in [0.5, 0.6) is 5.75 Å². The third kappa shape index (κ3) is 2.25. The Hall–Kier alpha value is -1.06. The summed E-state index contributed by atoms with van der Waals surface area (Å²) >= 11 is 0. The molecule has 0 aliphatic carbocycles. The number of aliphatic hydroxyl groups is 1. The van der Waals surface area contributed by atoms with Gasteiger partial charge in [0.05, 0.1) is 0 Å². The largest absolute Gasteiger partial charge is 0.507 e. The minimum Gasteiger partial charge on any atom is -0.507 e. The van der Waals surface area contributed by atoms with E-state index < -0.39 is 0 Å². The molecule has 1 atom stereocenters. The number of para-hydroxylation sites is 1.